The number of halogens is 1. The van der Waals surface area contributed by atoms with Crippen LogP contribution in [0.1, 0.15) is 5.56 Å². The molecular weight excluding hydrogens is 270 g/mol. The first-order valence-corrected chi connectivity index (χ1v) is 4.97. The van der Waals surface area contributed by atoms with Gasteiger partial charge in [-0.1, -0.05) is 30.3 Å². The molecule has 0 bridgehead atoms. The average Bonchev–Trinajstić information content (AvgIpc) is 2.14. The van der Waals surface area contributed by atoms with Gasteiger partial charge in [-0.15, -0.1) is 0 Å². The van der Waals surface area contributed by atoms with E-state index in [-0.39, 0.29) is 23.0 Å². The molecule has 0 aromatic heterocycles. The van der Waals surface area contributed by atoms with Gasteiger partial charge in [0.25, 0.3) is 0 Å². The van der Waals surface area contributed by atoms with Crippen molar-refractivity contribution in [3.8, 4) is 0 Å². The number of ether oxygens (including phenoxy) is 1. The lowest BCUT2D eigenvalue weighted by Crippen LogP contribution is -3.00. The molecule has 0 N–H and O–H groups in total. The molecule has 4 heteroatoms. The third-order valence-corrected chi connectivity index (χ3v) is 1.85. The normalized spacial score (nSPS) is 10.4. The molecule has 0 heterocycles. The number of carbonyl (C=O) groups is 1. The molecule has 0 fully saturated rings. The van der Waals surface area contributed by atoms with Crippen LogP contribution in [0.4, 0.5) is 0 Å². The molecule has 16 heavy (non-hydrogen) atoms. The Morgan fingerprint density at radius 1 is 1.19 bits per heavy atom. The van der Waals surface area contributed by atoms with Crippen LogP contribution in [0, 0.1) is 0 Å². The van der Waals surface area contributed by atoms with Crippen molar-refractivity contribution in [1.29, 1.82) is 0 Å². The SMILES string of the molecule is C[N+](C)(C)CC(=O)OCc1ccccc1.[Br-]. The summed E-state index contributed by atoms with van der Waals surface area (Å²) in [5.41, 5.74) is 1.02. The van der Waals surface area contributed by atoms with Gasteiger partial charge >= 0.3 is 5.97 Å². The van der Waals surface area contributed by atoms with E-state index in [1.807, 2.05) is 51.5 Å². The van der Waals surface area contributed by atoms with Crippen molar-refractivity contribution in [2.24, 2.45) is 0 Å². The van der Waals surface area contributed by atoms with Crippen molar-refractivity contribution in [2.75, 3.05) is 27.7 Å². The molecule has 3 nitrogen and oxygen atoms in total. The summed E-state index contributed by atoms with van der Waals surface area (Å²) in [5, 5.41) is 0. The first-order valence-electron chi connectivity index (χ1n) is 4.97. The van der Waals surface area contributed by atoms with Crippen LogP contribution in [-0.4, -0.2) is 38.1 Å². The highest BCUT2D eigenvalue weighted by molar-refractivity contribution is 5.70. The van der Waals surface area contributed by atoms with Crippen molar-refractivity contribution >= 4 is 5.97 Å². The molecule has 0 saturated heterocycles. The van der Waals surface area contributed by atoms with Crippen molar-refractivity contribution in [2.45, 2.75) is 6.61 Å². The molecule has 0 aliphatic carbocycles. The maximum atomic E-state index is 11.4. The molecule has 0 unspecified atom stereocenters. The molecule has 0 radical (unpaired) electrons. The van der Waals surface area contributed by atoms with E-state index in [4.69, 9.17) is 4.74 Å². The molecule has 90 valence electrons. The summed E-state index contributed by atoms with van der Waals surface area (Å²) in [4.78, 5) is 11.4. The fraction of sp³-hybridized carbons (Fsp3) is 0.417. The lowest BCUT2D eigenvalue weighted by molar-refractivity contribution is -0.862. The van der Waals surface area contributed by atoms with Crippen molar-refractivity contribution in [3.63, 3.8) is 0 Å². The highest BCUT2D eigenvalue weighted by atomic mass is 79.9. The third-order valence-electron chi connectivity index (χ3n) is 1.85. The van der Waals surface area contributed by atoms with E-state index >= 15 is 0 Å². The van der Waals surface area contributed by atoms with E-state index in [0.29, 0.717) is 17.6 Å². The first kappa shape index (κ1) is 15.1. The Bertz CT molecular complexity index is 320. The van der Waals surface area contributed by atoms with E-state index in [1.54, 1.807) is 0 Å². The number of likely N-dealkylation sites (N-methyl/N-ethyl adjacent to an activating group) is 1. The summed E-state index contributed by atoms with van der Waals surface area (Å²) in [6, 6.07) is 9.70. The number of benzene rings is 1. The fourth-order valence-corrected chi connectivity index (χ4v) is 1.17. The van der Waals surface area contributed by atoms with Crippen LogP contribution in [0.3, 0.4) is 0 Å². The number of hydrogen-bond donors (Lipinski definition) is 0. The quantitative estimate of drug-likeness (QED) is 0.495. The van der Waals surface area contributed by atoms with E-state index in [2.05, 4.69) is 0 Å². The fourth-order valence-electron chi connectivity index (χ4n) is 1.17. The summed E-state index contributed by atoms with van der Waals surface area (Å²) in [6.45, 7) is 0.756. The predicted molar refractivity (Wildman–Crippen MR) is 59.1 cm³/mol. The molecule has 1 rings (SSSR count). The van der Waals surface area contributed by atoms with Gasteiger partial charge < -0.3 is 26.2 Å². The minimum atomic E-state index is -0.161. The minimum absolute atomic E-state index is 0. The first-order chi connectivity index (χ1) is 6.97. The second-order valence-electron chi connectivity index (χ2n) is 4.59. The summed E-state index contributed by atoms with van der Waals surface area (Å²) in [6.07, 6.45) is 0. The number of quaternary nitrogens is 1. The van der Waals surface area contributed by atoms with Crippen molar-refractivity contribution < 1.29 is 31.0 Å². The zero-order valence-corrected chi connectivity index (χ0v) is 11.5. The van der Waals surface area contributed by atoms with Crippen LogP contribution in [-0.2, 0) is 16.1 Å². The predicted octanol–water partition coefficient (Wildman–Crippen LogP) is -1.56. The van der Waals surface area contributed by atoms with E-state index < -0.39 is 0 Å². The van der Waals surface area contributed by atoms with Crippen molar-refractivity contribution in [1.82, 2.24) is 0 Å². The van der Waals surface area contributed by atoms with Crippen molar-refractivity contribution in [3.05, 3.63) is 35.9 Å². The molecule has 0 aliphatic heterocycles. The van der Waals surface area contributed by atoms with E-state index in [0.717, 1.165) is 5.56 Å². The molecule has 0 amide bonds. The molecule has 0 aliphatic rings. The average molecular weight is 288 g/mol. The number of rotatable bonds is 4. The Balaban J connectivity index is 0.00000225. The molecular formula is C12H18BrNO2. The summed E-state index contributed by atoms with van der Waals surface area (Å²) in [7, 11) is 5.89. The number of esters is 1. The molecule has 1 aromatic carbocycles. The van der Waals surface area contributed by atoms with Crippen LogP contribution in [0.15, 0.2) is 30.3 Å². The van der Waals surface area contributed by atoms with Gasteiger partial charge in [-0.2, -0.15) is 0 Å². The van der Waals surface area contributed by atoms with Crippen LogP contribution in [0.25, 0.3) is 0 Å². The lowest BCUT2D eigenvalue weighted by Gasteiger charge is -2.22. The summed E-state index contributed by atoms with van der Waals surface area (Å²) in [5.74, 6) is -0.161. The Kier molecular flexibility index (Phi) is 6.29. The van der Waals surface area contributed by atoms with Crippen LogP contribution in [0.5, 0.6) is 0 Å². The second-order valence-corrected chi connectivity index (χ2v) is 4.59. The number of hydrogen-bond acceptors (Lipinski definition) is 2. The topological polar surface area (TPSA) is 26.3 Å². The monoisotopic (exact) mass is 287 g/mol. The standard InChI is InChI=1S/C12H18NO2.BrH/c1-13(2,3)9-12(14)15-10-11-7-5-4-6-8-11;/h4-8H,9-10H2,1-3H3;1H/q+1;/p-1. The molecule has 0 saturated carbocycles. The summed E-state index contributed by atoms with van der Waals surface area (Å²) >= 11 is 0. The zero-order valence-electron chi connectivity index (χ0n) is 9.94. The van der Waals surface area contributed by atoms with Gasteiger partial charge in [0, 0.05) is 0 Å². The van der Waals surface area contributed by atoms with Gasteiger partial charge in [-0.25, -0.2) is 4.79 Å². The van der Waals surface area contributed by atoms with Gasteiger partial charge in [0.2, 0.25) is 0 Å². The summed E-state index contributed by atoms with van der Waals surface area (Å²) < 4.78 is 5.74. The van der Waals surface area contributed by atoms with Gasteiger partial charge in [0.05, 0.1) is 21.1 Å². The Morgan fingerprint density at radius 2 is 1.75 bits per heavy atom. The second kappa shape index (κ2) is 6.66. The number of carbonyl (C=O) groups excluding carboxylic acids is 1. The van der Waals surface area contributed by atoms with Gasteiger partial charge in [-0.05, 0) is 5.56 Å². The zero-order chi connectivity index (χ0) is 11.3. The third kappa shape index (κ3) is 6.58. The molecule has 0 atom stereocenters. The van der Waals surface area contributed by atoms with Crippen LogP contribution in [0.2, 0.25) is 0 Å². The maximum Gasteiger partial charge on any atom is 0.362 e. The Morgan fingerprint density at radius 3 is 2.25 bits per heavy atom. The van der Waals surface area contributed by atoms with E-state index in [1.165, 1.54) is 0 Å². The highest BCUT2D eigenvalue weighted by Crippen LogP contribution is 2.01. The van der Waals surface area contributed by atoms with Gasteiger partial charge in [-0.3, -0.25) is 0 Å². The van der Waals surface area contributed by atoms with E-state index in [9.17, 15) is 4.79 Å². The number of nitrogens with zero attached hydrogens (tertiary/aromatic N) is 1. The largest absolute Gasteiger partial charge is 1.00 e. The lowest BCUT2D eigenvalue weighted by atomic mass is 10.2. The maximum absolute atomic E-state index is 11.4. The Labute approximate surface area is 107 Å². The smallest absolute Gasteiger partial charge is 0.362 e. The van der Waals surface area contributed by atoms with Gasteiger partial charge in [0.1, 0.15) is 6.61 Å². The highest BCUT2D eigenvalue weighted by Gasteiger charge is 2.15. The Hall–Kier alpha value is -0.870. The molecule has 1 aromatic rings. The van der Waals surface area contributed by atoms with Crippen LogP contribution < -0.4 is 17.0 Å². The molecule has 0 spiro atoms. The van der Waals surface area contributed by atoms with Gasteiger partial charge in [0.15, 0.2) is 6.54 Å². The van der Waals surface area contributed by atoms with Crippen LogP contribution >= 0.6 is 0 Å². The minimum Gasteiger partial charge on any atom is -1.00 e.